The van der Waals surface area contributed by atoms with E-state index in [1.807, 2.05) is 4.68 Å². The van der Waals surface area contributed by atoms with Crippen molar-refractivity contribution in [1.29, 1.82) is 0 Å². The molecule has 0 bridgehead atoms. The van der Waals surface area contributed by atoms with Crippen LogP contribution in [-0.4, -0.2) is 14.8 Å². The zero-order chi connectivity index (χ0) is 13.9. The van der Waals surface area contributed by atoms with Gasteiger partial charge < -0.3 is 5.32 Å². The number of rotatable bonds is 4. The Bertz CT molecular complexity index is 736. The Hall–Kier alpha value is -1.88. The fourth-order valence-electron chi connectivity index (χ4n) is 2.20. The Labute approximate surface area is 126 Å². The molecule has 0 spiro atoms. The summed E-state index contributed by atoms with van der Waals surface area (Å²) in [6, 6.07) is 12.6. The van der Waals surface area contributed by atoms with E-state index in [2.05, 4.69) is 74.7 Å². The van der Waals surface area contributed by atoms with E-state index in [0.717, 1.165) is 22.5 Å². The lowest BCUT2D eigenvalue weighted by atomic mass is 10.1. The van der Waals surface area contributed by atoms with Crippen molar-refractivity contribution in [3.63, 3.8) is 0 Å². The number of nitrogens with one attached hydrogen (secondary N) is 1. The molecular formula is C15H15BrN4. The number of aromatic nitrogens is 3. The van der Waals surface area contributed by atoms with E-state index in [1.54, 1.807) is 6.33 Å². The van der Waals surface area contributed by atoms with E-state index < -0.39 is 0 Å². The number of hydrogen-bond donors (Lipinski definition) is 1. The van der Waals surface area contributed by atoms with E-state index in [9.17, 15) is 0 Å². The first-order valence-electron chi connectivity index (χ1n) is 6.56. The summed E-state index contributed by atoms with van der Waals surface area (Å²) in [6.45, 7) is 3.57. The number of halogens is 1. The zero-order valence-electron chi connectivity index (χ0n) is 11.2. The fourth-order valence-corrected chi connectivity index (χ4v) is 2.58. The highest BCUT2D eigenvalue weighted by atomic mass is 79.9. The molecular weight excluding hydrogens is 316 g/mol. The standard InChI is InChI=1S/C15H15BrN4/c1-2-20-15(18-10-19-20)9-17-14-6-4-11-7-13(16)5-3-12(11)8-14/h3-8,10,17H,2,9H2,1H3. The number of hydrogen-bond acceptors (Lipinski definition) is 3. The molecule has 102 valence electrons. The van der Waals surface area contributed by atoms with Gasteiger partial charge in [-0.3, -0.25) is 0 Å². The van der Waals surface area contributed by atoms with E-state index in [-0.39, 0.29) is 0 Å². The van der Waals surface area contributed by atoms with Gasteiger partial charge in [0, 0.05) is 16.7 Å². The van der Waals surface area contributed by atoms with E-state index in [0.29, 0.717) is 6.54 Å². The number of aryl methyl sites for hydroxylation is 1. The average molecular weight is 331 g/mol. The van der Waals surface area contributed by atoms with Crippen molar-refractivity contribution in [3.05, 3.63) is 53.0 Å². The lowest BCUT2D eigenvalue weighted by molar-refractivity contribution is 0.622. The first-order valence-corrected chi connectivity index (χ1v) is 7.35. The number of benzene rings is 2. The first kappa shape index (κ1) is 13.1. The Balaban J connectivity index is 1.79. The van der Waals surface area contributed by atoms with Gasteiger partial charge in [0.1, 0.15) is 12.2 Å². The third-order valence-electron chi connectivity index (χ3n) is 3.25. The number of nitrogens with zero attached hydrogens (tertiary/aromatic N) is 3. The van der Waals surface area contributed by atoms with Crippen molar-refractivity contribution >= 4 is 32.4 Å². The van der Waals surface area contributed by atoms with Gasteiger partial charge in [-0.25, -0.2) is 9.67 Å². The van der Waals surface area contributed by atoms with Crippen LogP contribution in [0.3, 0.4) is 0 Å². The summed E-state index contributed by atoms with van der Waals surface area (Å²) < 4.78 is 2.99. The molecule has 1 N–H and O–H groups in total. The van der Waals surface area contributed by atoms with Crippen LogP contribution in [-0.2, 0) is 13.1 Å². The maximum absolute atomic E-state index is 4.26. The monoisotopic (exact) mass is 330 g/mol. The highest BCUT2D eigenvalue weighted by molar-refractivity contribution is 9.10. The SMILES string of the molecule is CCn1ncnc1CNc1ccc2cc(Br)ccc2c1. The van der Waals surface area contributed by atoms with Crippen molar-refractivity contribution in [2.24, 2.45) is 0 Å². The minimum Gasteiger partial charge on any atom is -0.378 e. The largest absolute Gasteiger partial charge is 0.378 e. The molecule has 0 amide bonds. The number of anilines is 1. The molecule has 0 unspecified atom stereocenters. The van der Waals surface area contributed by atoms with Gasteiger partial charge in [-0.2, -0.15) is 5.10 Å². The topological polar surface area (TPSA) is 42.7 Å². The Morgan fingerprint density at radius 3 is 2.80 bits per heavy atom. The van der Waals surface area contributed by atoms with Gasteiger partial charge in [-0.15, -0.1) is 0 Å². The zero-order valence-corrected chi connectivity index (χ0v) is 12.8. The second kappa shape index (κ2) is 5.63. The third kappa shape index (κ3) is 2.67. The molecule has 5 heteroatoms. The lowest BCUT2D eigenvalue weighted by Crippen LogP contribution is -2.08. The maximum Gasteiger partial charge on any atom is 0.146 e. The van der Waals surface area contributed by atoms with Crippen LogP contribution < -0.4 is 5.32 Å². The molecule has 3 rings (SSSR count). The Kier molecular flexibility index (Phi) is 3.69. The molecule has 0 saturated heterocycles. The molecule has 20 heavy (non-hydrogen) atoms. The fraction of sp³-hybridized carbons (Fsp3) is 0.200. The second-order valence-corrected chi connectivity index (χ2v) is 5.47. The summed E-state index contributed by atoms with van der Waals surface area (Å²) in [5.74, 6) is 0.948. The molecule has 1 heterocycles. The molecule has 0 saturated carbocycles. The van der Waals surface area contributed by atoms with Gasteiger partial charge in [0.05, 0.1) is 6.54 Å². The highest BCUT2D eigenvalue weighted by Gasteiger charge is 2.03. The highest BCUT2D eigenvalue weighted by Crippen LogP contribution is 2.23. The minimum atomic E-state index is 0.676. The van der Waals surface area contributed by atoms with Gasteiger partial charge in [0.15, 0.2) is 0 Å². The van der Waals surface area contributed by atoms with Gasteiger partial charge in [0.25, 0.3) is 0 Å². The molecule has 0 aliphatic heterocycles. The van der Waals surface area contributed by atoms with E-state index >= 15 is 0 Å². The average Bonchev–Trinajstić information content (AvgIpc) is 2.92. The van der Waals surface area contributed by atoms with Crippen molar-refractivity contribution in [1.82, 2.24) is 14.8 Å². The smallest absolute Gasteiger partial charge is 0.146 e. The van der Waals surface area contributed by atoms with Crippen LogP contribution in [0.25, 0.3) is 10.8 Å². The molecule has 2 aromatic carbocycles. The summed E-state index contributed by atoms with van der Waals surface area (Å²) in [7, 11) is 0. The van der Waals surface area contributed by atoms with Crippen LogP contribution in [0.4, 0.5) is 5.69 Å². The second-order valence-electron chi connectivity index (χ2n) is 4.55. The van der Waals surface area contributed by atoms with Crippen molar-refractivity contribution in [3.8, 4) is 0 Å². The van der Waals surface area contributed by atoms with Crippen LogP contribution >= 0.6 is 15.9 Å². The molecule has 0 atom stereocenters. The maximum atomic E-state index is 4.26. The molecule has 4 nitrogen and oxygen atoms in total. The minimum absolute atomic E-state index is 0.676. The van der Waals surface area contributed by atoms with Crippen LogP contribution in [0.5, 0.6) is 0 Å². The Morgan fingerprint density at radius 1 is 1.15 bits per heavy atom. The summed E-state index contributed by atoms with van der Waals surface area (Å²) in [6.07, 6.45) is 1.60. The van der Waals surface area contributed by atoms with Gasteiger partial charge in [0.2, 0.25) is 0 Å². The Morgan fingerprint density at radius 2 is 1.95 bits per heavy atom. The summed E-state index contributed by atoms with van der Waals surface area (Å²) in [5, 5.41) is 10.0. The molecule has 0 radical (unpaired) electrons. The van der Waals surface area contributed by atoms with E-state index in [4.69, 9.17) is 0 Å². The van der Waals surface area contributed by atoms with Crippen LogP contribution in [0.15, 0.2) is 47.2 Å². The van der Waals surface area contributed by atoms with Gasteiger partial charge in [-0.05, 0) is 42.0 Å². The van der Waals surface area contributed by atoms with E-state index in [1.165, 1.54) is 10.8 Å². The van der Waals surface area contributed by atoms with Gasteiger partial charge >= 0.3 is 0 Å². The van der Waals surface area contributed by atoms with Crippen molar-refractivity contribution in [2.45, 2.75) is 20.0 Å². The summed E-state index contributed by atoms with van der Waals surface area (Å²) in [5.41, 5.74) is 1.09. The molecule has 3 aromatic rings. The predicted octanol–water partition coefficient (Wildman–Crippen LogP) is 3.83. The summed E-state index contributed by atoms with van der Waals surface area (Å²) >= 11 is 3.49. The van der Waals surface area contributed by atoms with Crippen LogP contribution in [0.1, 0.15) is 12.7 Å². The molecule has 0 aliphatic carbocycles. The number of fused-ring (bicyclic) bond motifs is 1. The molecule has 0 aliphatic rings. The first-order chi connectivity index (χ1) is 9.76. The molecule has 1 aromatic heterocycles. The predicted molar refractivity (Wildman–Crippen MR) is 84.7 cm³/mol. The molecule has 0 fully saturated rings. The third-order valence-corrected chi connectivity index (χ3v) is 3.74. The van der Waals surface area contributed by atoms with Crippen molar-refractivity contribution < 1.29 is 0 Å². The normalized spacial score (nSPS) is 10.9. The van der Waals surface area contributed by atoms with Crippen LogP contribution in [0, 0.1) is 0 Å². The summed E-state index contributed by atoms with van der Waals surface area (Å²) in [4.78, 5) is 4.26. The van der Waals surface area contributed by atoms with Crippen molar-refractivity contribution in [2.75, 3.05) is 5.32 Å². The van der Waals surface area contributed by atoms with Gasteiger partial charge in [-0.1, -0.05) is 28.1 Å². The quantitative estimate of drug-likeness (QED) is 0.790. The lowest BCUT2D eigenvalue weighted by Gasteiger charge is -2.08. The van der Waals surface area contributed by atoms with Crippen LogP contribution in [0.2, 0.25) is 0 Å².